The number of nitrogens with zero attached hydrogens (tertiary/aromatic N) is 2. The quantitative estimate of drug-likeness (QED) is 0.773. The van der Waals surface area contributed by atoms with Crippen molar-refractivity contribution >= 4 is 5.91 Å². The minimum absolute atomic E-state index is 0.283. The van der Waals surface area contributed by atoms with Gasteiger partial charge < -0.3 is 5.32 Å². The second kappa shape index (κ2) is 7.25. The number of rotatable bonds is 5. The van der Waals surface area contributed by atoms with Gasteiger partial charge in [-0.1, -0.05) is 30.3 Å². The number of hydrogen-bond donors (Lipinski definition) is 1. The van der Waals surface area contributed by atoms with Gasteiger partial charge in [-0.15, -0.1) is 0 Å². The first-order valence-corrected chi connectivity index (χ1v) is 7.89. The normalized spacial score (nSPS) is 10.7. The zero-order valence-electron chi connectivity index (χ0n) is 13.7. The molecule has 0 aliphatic heterocycles. The van der Waals surface area contributed by atoms with E-state index in [9.17, 15) is 13.6 Å². The van der Waals surface area contributed by atoms with Crippen LogP contribution in [-0.2, 0) is 6.42 Å². The molecule has 1 amide bonds. The van der Waals surface area contributed by atoms with E-state index >= 15 is 0 Å². The van der Waals surface area contributed by atoms with E-state index in [1.54, 1.807) is 43.3 Å². The SMILES string of the molecule is Cc1c(C(=O)NCCc2ccccc2F)cnn1-c1ccccc1F. The van der Waals surface area contributed by atoms with Gasteiger partial charge in [-0.2, -0.15) is 5.10 Å². The maximum Gasteiger partial charge on any atom is 0.254 e. The molecule has 128 valence electrons. The van der Waals surface area contributed by atoms with Crippen molar-refractivity contribution in [2.45, 2.75) is 13.3 Å². The molecular formula is C19H17F2N3O. The van der Waals surface area contributed by atoms with Gasteiger partial charge in [0.1, 0.15) is 17.3 Å². The summed E-state index contributed by atoms with van der Waals surface area (Å²) in [5.74, 6) is -1.03. The molecule has 6 heteroatoms. The van der Waals surface area contributed by atoms with E-state index in [4.69, 9.17) is 0 Å². The molecule has 1 heterocycles. The van der Waals surface area contributed by atoms with Gasteiger partial charge in [-0.25, -0.2) is 13.5 Å². The Morgan fingerprint density at radius 1 is 1.08 bits per heavy atom. The second-order valence-electron chi connectivity index (χ2n) is 5.60. The number of amides is 1. The van der Waals surface area contributed by atoms with Crippen molar-refractivity contribution < 1.29 is 13.6 Å². The monoisotopic (exact) mass is 341 g/mol. The molecule has 0 unspecified atom stereocenters. The lowest BCUT2D eigenvalue weighted by Crippen LogP contribution is -2.26. The zero-order chi connectivity index (χ0) is 17.8. The Morgan fingerprint density at radius 2 is 1.76 bits per heavy atom. The summed E-state index contributed by atoms with van der Waals surface area (Å²) in [5, 5.41) is 6.85. The summed E-state index contributed by atoms with van der Waals surface area (Å²) < 4.78 is 28.9. The highest BCUT2D eigenvalue weighted by Gasteiger charge is 2.16. The highest BCUT2D eigenvalue weighted by Crippen LogP contribution is 2.17. The van der Waals surface area contributed by atoms with Gasteiger partial charge in [0.25, 0.3) is 5.91 Å². The molecule has 1 aromatic heterocycles. The predicted molar refractivity (Wildman–Crippen MR) is 90.7 cm³/mol. The van der Waals surface area contributed by atoms with E-state index < -0.39 is 5.82 Å². The third-order valence-electron chi connectivity index (χ3n) is 3.97. The molecule has 0 aliphatic rings. The minimum atomic E-state index is -0.416. The first-order chi connectivity index (χ1) is 12.1. The first kappa shape index (κ1) is 16.8. The van der Waals surface area contributed by atoms with Crippen molar-refractivity contribution in [3.8, 4) is 5.69 Å². The molecular weight excluding hydrogens is 324 g/mol. The number of nitrogens with one attached hydrogen (secondary N) is 1. The van der Waals surface area contributed by atoms with Crippen LogP contribution in [0.4, 0.5) is 8.78 Å². The standard InChI is InChI=1S/C19H17F2N3O/c1-13-15(12-23-24(13)18-9-5-4-8-17(18)21)19(25)22-11-10-14-6-2-3-7-16(14)20/h2-9,12H,10-11H2,1H3,(H,22,25). The van der Waals surface area contributed by atoms with Crippen LogP contribution in [0.1, 0.15) is 21.6 Å². The maximum atomic E-state index is 13.9. The second-order valence-corrected chi connectivity index (χ2v) is 5.60. The lowest BCUT2D eigenvalue weighted by Gasteiger charge is -2.08. The van der Waals surface area contributed by atoms with Gasteiger partial charge in [0.05, 0.1) is 17.5 Å². The van der Waals surface area contributed by atoms with Crippen molar-refractivity contribution in [1.82, 2.24) is 15.1 Å². The minimum Gasteiger partial charge on any atom is -0.352 e. The number of aromatic nitrogens is 2. The fraction of sp³-hybridized carbons (Fsp3) is 0.158. The van der Waals surface area contributed by atoms with Gasteiger partial charge in [-0.3, -0.25) is 4.79 Å². The van der Waals surface area contributed by atoms with Crippen LogP contribution < -0.4 is 5.32 Å². The van der Waals surface area contributed by atoms with Crippen molar-refractivity contribution in [3.63, 3.8) is 0 Å². The van der Waals surface area contributed by atoms with Crippen LogP contribution in [0.2, 0.25) is 0 Å². The maximum absolute atomic E-state index is 13.9. The summed E-state index contributed by atoms with van der Waals surface area (Å²) >= 11 is 0. The summed E-state index contributed by atoms with van der Waals surface area (Å²) in [7, 11) is 0. The van der Waals surface area contributed by atoms with Crippen LogP contribution >= 0.6 is 0 Å². The first-order valence-electron chi connectivity index (χ1n) is 7.89. The van der Waals surface area contributed by atoms with E-state index in [1.807, 2.05) is 0 Å². The van der Waals surface area contributed by atoms with Crippen LogP contribution in [0.25, 0.3) is 5.69 Å². The molecule has 25 heavy (non-hydrogen) atoms. The molecule has 0 saturated heterocycles. The number of benzene rings is 2. The van der Waals surface area contributed by atoms with Gasteiger partial charge in [0.2, 0.25) is 0 Å². The molecule has 0 spiro atoms. The van der Waals surface area contributed by atoms with Gasteiger partial charge in [-0.05, 0) is 37.1 Å². The summed E-state index contributed by atoms with van der Waals surface area (Å²) in [5.41, 5.74) is 1.72. The summed E-state index contributed by atoms with van der Waals surface area (Å²) in [6.07, 6.45) is 1.79. The number of hydrogen-bond acceptors (Lipinski definition) is 2. The number of halogens is 2. The Morgan fingerprint density at radius 3 is 2.48 bits per heavy atom. The molecule has 0 bridgehead atoms. The topological polar surface area (TPSA) is 46.9 Å². The zero-order valence-corrected chi connectivity index (χ0v) is 13.7. The van der Waals surface area contributed by atoms with Crippen molar-refractivity contribution in [2.24, 2.45) is 0 Å². The van der Waals surface area contributed by atoms with Crippen molar-refractivity contribution in [1.29, 1.82) is 0 Å². The van der Waals surface area contributed by atoms with Crippen molar-refractivity contribution in [2.75, 3.05) is 6.54 Å². The molecule has 0 aliphatic carbocycles. The lowest BCUT2D eigenvalue weighted by atomic mass is 10.1. The van der Waals surface area contributed by atoms with E-state index in [-0.39, 0.29) is 17.4 Å². The van der Waals surface area contributed by atoms with Crippen LogP contribution in [0.15, 0.2) is 54.7 Å². The Labute approximate surface area is 144 Å². The molecule has 2 aromatic carbocycles. The highest BCUT2D eigenvalue weighted by molar-refractivity contribution is 5.95. The molecule has 3 rings (SSSR count). The van der Waals surface area contributed by atoms with Crippen LogP contribution in [0, 0.1) is 18.6 Å². The largest absolute Gasteiger partial charge is 0.352 e. The average Bonchev–Trinajstić information content (AvgIpc) is 2.98. The fourth-order valence-electron chi connectivity index (χ4n) is 2.61. The Hall–Kier alpha value is -3.02. The molecule has 0 saturated carbocycles. The van der Waals surface area contributed by atoms with Crippen LogP contribution in [0.5, 0.6) is 0 Å². The molecule has 0 atom stereocenters. The molecule has 3 aromatic rings. The summed E-state index contributed by atoms with van der Waals surface area (Å²) in [6.45, 7) is 2.00. The van der Waals surface area contributed by atoms with E-state index in [0.717, 1.165) is 0 Å². The van der Waals surface area contributed by atoms with E-state index in [0.29, 0.717) is 29.8 Å². The predicted octanol–water partition coefficient (Wildman–Crippen LogP) is 3.43. The smallest absolute Gasteiger partial charge is 0.254 e. The number of carbonyl (C=O) groups excluding carboxylic acids is 1. The van der Waals surface area contributed by atoms with E-state index in [1.165, 1.54) is 23.0 Å². The summed E-state index contributed by atoms with van der Waals surface area (Å²) in [6, 6.07) is 12.7. The molecule has 1 N–H and O–H groups in total. The molecule has 0 fully saturated rings. The van der Waals surface area contributed by atoms with Gasteiger partial charge in [0.15, 0.2) is 0 Å². The van der Waals surface area contributed by atoms with E-state index in [2.05, 4.69) is 10.4 Å². The third-order valence-corrected chi connectivity index (χ3v) is 3.97. The Bertz CT molecular complexity index is 905. The van der Waals surface area contributed by atoms with Crippen LogP contribution in [-0.4, -0.2) is 22.2 Å². The van der Waals surface area contributed by atoms with Gasteiger partial charge in [0, 0.05) is 6.54 Å². The Kier molecular flexibility index (Phi) is 4.88. The number of carbonyl (C=O) groups is 1. The molecule has 0 radical (unpaired) electrons. The highest BCUT2D eigenvalue weighted by atomic mass is 19.1. The number of para-hydroxylation sites is 1. The van der Waals surface area contributed by atoms with Crippen LogP contribution in [0.3, 0.4) is 0 Å². The molecule has 4 nitrogen and oxygen atoms in total. The average molecular weight is 341 g/mol. The van der Waals surface area contributed by atoms with Gasteiger partial charge >= 0.3 is 0 Å². The lowest BCUT2D eigenvalue weighted by molar-refractivity contribution is 0.0953. The van der Waals surface area contributed by atoms with Crippen molar-refractivity contribution in [3.05, 3.63) is 83.2 Å². The fourth-order valence-corrected chi connectivity index (χ4v) is 2.61. The Balaban J connectivity index is 1.69. The third kappa shape index (κ3) is 3.57. The summed E-state index contributed by atoms with van der Waals surface area (Å²) in [4.78, 5) is 12.3.